The summed E-state index contributed by atoms with van der Waals surface area (Å²) in [5, 5.41) is 30.6. The van der Waals surface area contributed by atoms with Gasteiger partial charge in [-0.2, -0.15) is 0 Å². The maximum atomic E-state index is 13.5. The Morgan fingerprint density at radius 1 is 1.03 bits per heavy atom. The predicted molar refractivity (Wildman–Crippen MR) is 144 cm³/mol. The van der Waals surface area contributed by atoms with E-state index in [2.05, 4.69) is 21.3 Å². The second kappa shape index (κ2) is 14.1. The highest BCUT2D eigenvalue weighted by Crippen LogP contribution is 2.22. The molecule has 10 nitrogen and oxygen atoms in total. The molecule has 5 atom stereocenters. The van der Waals surface area contributed by atoms with Crippen LogP contribution in [0.25, 0.3) is 0 Å². The van der Waals surface area contributed by atoms with E-state index in [1.165, 1.54) is 12.1 Å². The van der Waals surface area contributed by atoms with E-state index in [0.29, 0.717) is 19.3 Å². The highest BCUT2D eigenvalue weighted by atomic mass is 16.4. The monoisotopic (exact) mass is 532 g/mol. The van der Waals surface area contributed by atoms with Crippen molar-refractivity contribution in [3.63, 3.8) is 0 Å². The lowest BCUT2D eigenvalue weighted by molar-refractivity contribution is -0.143. The third-order valence-electron chi connectivity index (χ3n) is 6.98. The van der Waals surface area contributed by atoms with Gasteiger partial charge in [0.25, 0.3) is 0 Å². The van der Waals surface area contributed by atoms with Crippen LogP contribution in [0.15, 0.2) is 24.3 Å². The molecule has 0 radical (unpaired) electrons. The van der Waals surface area contributed by atoms with Crippen LogP contribution in [-0.2, 0) is 25.6 Å². The fraction of sp³-hybridized carbons (Fsp3) is 0.643. The van der Waals surface area contributed by atoms with Gasteiger partial charge < -0.3 is 31.5 Å². The number of carboxylic acids is 1. The number of nitrogens with one attached hydrogen (secondary N) is 4. The Hall–Kier alpha value is -3.14. The van der Waals surface area contributed by atoms with Crippen molar-refractivity contribution >= 4 is 23.7 Å². The number of aliphatic carboxylic acids is 1. The molecule has 6 N–H and O–H groups in total. The Morgan fingerprint density at radius 2 is 1.68 bits per heavy atom. The summed E-state index contributed by atoms with van der Waals surface area (Å²) in [6, 6.07) is 2.93. The summed E-state index contributed by atoms with van der Waals surface area (Å²) in [7, 11) is 0. The lowest BCUT2D eigenvalue weighted by atomic mass is 9.88. The zero-order valence-corrected chi connectivity index (χ0v) is 23.2. The Kier molecular flexibility index (Phi) is 11.6. The molecule has 4 unspecified atom stereocenters. The van der Waals surface area contributed by atoms with E-state index >= 15 is 0 Å². The Labute approximate surface area is 225 Å². The third kappa shape index (κ3) is 9.96. The molecule has 0 bridgehead atoms. The average molecular weight is 533 g/mol. The van der Waals surface area contributed by atoms with Crippen molar-refractivity contribution in [3.05, 3.63) is 29.8 Å². The molecule has 1 saturated heterocycles. The molecule has 1 aliphatic rings. The summed E-state index contributed by atoms with van der Waals surface area (Å²) < 4.78 is 0. The van der Waals surface area contributed by atoms with E-state index in [9.17, 15) is 29.4 Å². The maximum Gasteiger partial charge on any atom is 0.326 e. The number of aromatic hydroxyl groups is 1. The van der Waals surface area contributed by atoms with Gasteiger partial charge in [0.15, 0.2) is 0 Å². The van der Waals surface area contributed by atoms with Crippen molar-refractivity contribution in [1.29, 1.82) is 0 Å². The second-order valence-electron chi connectivity index (χ2n) is 11.5. The zero-order chi connectivity index (χ0) is 28.5. The van der Waals surface area contributed by atoms with Gasteiger partial charge in [0.05, 0.1) is 6.04 Å². The lowest BCUT2D eigenvalue weighted by Gasteiger charge is -2.29. The van der Waals surface area contributed by atoms with Crippen molar-refractivity contribution in [2.75, 3.05) is 6.54 Å². The quantitative estimate of drug-likeness (QED) is 0.227. The molecular weight excluding hydrogens is 488 g/mol. The molecular formula is C28H44N4O6. The van der Waals surface area contributed by atoms with Gasteiger partial charge in [0, 0.05) is 6.42 Å². The summed E-state index contributed by atoms with van der Waals surface area (Å²) in [5.74, 6) is -2.72. The van der Waals surface area contributed by atoms with Crippen LogP contribution in [-0.4, -0.2) is 64.6 Å². The molecule has 212 valence electrons. The van der Waals surface area contributed by atoms with Gasteiger partial charge in [-0.25, -0.2) is 4.79 Å². The van der Waals surface area contributed by atoms with Crippen molar-refractivity contribution in [2.45, 2.75) is 97.3 Å². The first-order chi connectivity index (χ1) is 17.8. The van der Waals surface area contributed by atoms with Crippen LogP contribution >= 0.6 is 0 Å². The zero-order valence-electron chi connectivity index (χ0n) is 23.2. The van der Waals surface area contributed by atoms with Gasteiger partial charge >= 0.3 is 5.97 Å². The van der Waals surface area contributed by atoms with Crippen LogP contribution in [0.2, 0.25) is 0 Å². The predicted octanol–water partition coefficient (Wildman–Crippen LogP) is 2.10. The molecule has 0 aromatic heterocycles. The number of carbonyl (C=O) groups is 4. The van der Waals surface area contributed by atoms with Gasteiger partial charge in [-0.1, -0.05) is 53.2 Å². The Bertz CT molecular complexity index is 953. The first-order valence-corrected chi connectivity index (χ1v) is 13.5. The van der Waals surface area contributed by atoms with E-state index in [1.54, 1.807) is 12.1 Å². The van der Waals surface area contributed by atoms with Crippen molar-refractivity contribution in [2.24, 2.45) is 11.3 Å². The van der Waals surface area contributed by atoms with E-state index in [0.717, 1.165) is 18.5 Å². The van der Waals surface area contributed by atoms with E-state index in [1.807, 2.05) is 34.6 Å². The average Bonchev–Trinajstić information content (AvgIpc) is 3.39. The summed E-state index contributed by atoms with van der Waals surface area (Å²) in [6.07, 6.45) is 3.12. The smallest absolute Gasteiger partial charge is 0.326 e. The Balaban J connectivity index is 2.20. The largest absolute Gasteiger partial charge is 0.508 e. The van der Waals surface area contributed by atoms with Crippen LogP contribution < -0.4 is 21.3 Å². The lowest BCUT2D eigenvalue weighted by Crippen LogP contribution is -2.59. The van der Waals surface area contributed by atoms with Gasteiger partial charge in [0.2, 0.25) is 17.7 Å². The normalized spacial score (nSPS) is 18.6. The van der Waals surface area contributed by atoms with Crippen molar-refractivity contribution < 1.29 is 29.4 Å². The molecule has 0 spiro atoms. The van der Waals surface area contributed by atoms with Crippen LogP contribution in [0.5, 0.6) is 5.75 Å². The van der Waals surface area contributed by atoms with Crippen molar-refractivity contribution in [1.82, 2.24) is 21.3 Å². The minimum Gasteiger partial charge on any atom is -0.508 e. The minimum atomic E-state index is -1.13. The van der Waals surface area contributed by atoms with Crippen LogP contribution in [0, 0.1) is 11.3 Å². The van der Waals surface area contributed by atoms with E-state index in [-0.39, 0.29) is 35.8 Å². The van der Waals surface area contributed by atoms with E-state index < -0.39 is 42.0 Å². The number of phenols is 1. The molecule has 1 fully saturated rings. The molecule has 10 heteroatoms. The van der Waals surface area contributed by atoms with Crippen LogP contribution in [0.4, 0.5) is 0 Å². The highest BCUT2D eigenvalue weighted by Gasteiger charge is 2.34. The maximum absolute atomic E-state index is 13.5. The number of amides is 3. The molecule has 1 aromatic rings. The van der Waals surface area contributed by atoms with Crippen molar-refractivity contribution in [3.8, 4) is 5.75 Å². The third-order valence-corrected chi connectivity index (χ3v) is 6.98. The summed E-state index contributed by atoms with van der Waals surface area (Å²) in [6.45, 7) is 10.4. The highest BCUT2D eigenvalue weighted by molar-refractivity contribution is 5.94. The van der Waals surface area contributed by atoms with Gasteiger partial charge in [-0.3, -0.25) is 14.4 Å². The molecule has 0 aliphatic carbocycles. The van der Waals surface area contributed by atoms with Gasteiger partial charge in [0.1, 0.15) is 23.9 Å². The molecule has 1 aromatic carbocycles. The first kappa shape index (κ1) is 31.1. The number of carbonyl (C=O) groups excluding carboxylic acids is 3. The Morgan fingerprint density at radius 3 is 2.21 bits per heavy atom. The number of phenolic OH excluding ortho intramolecular Hbond substituents is 1. The van der Waals surface area contributed by atoms with E-state index in [4.69, 9.17) is 0 Å². The van der Waals surface area contributed by atoms with Crippen LogP contribution in [0.3, 0.4) is 0 Å². The van der Waals surface area contributed by atoms with Gasteiger partial charge in [-0.05, 0) is 61.3 Å². The minimum absolute atomic E-state index is 0.0851. The second-order valence-corrected chi connectivity index (χ2v) is 11.5. The molecule has 2 rings (SSSR count). The summed E-state index contributed by atoms with van der Waals surface area (Å²) >= 11 is 0. The summed E-state index contributed by atoms with van der Waals surface area (Å²) in [5.41, 5.74) is 0.622. The molecule has 38 heavy (non-hydrogen) atoms. The number of rotatable bonds is 13. The van der Waals surface area contributed by atoms with Crippen LogP contribution in [0.1, 0.15) is 72.3 Å². The SMILES string of the molecule is CCC(C)C(NC(=O)C(Cc1ccc(O)cc1)NC(=O)[C@@H]1CCCN1)C(=O)NC(CCC(C)(C)C)C(=O)O. The van der Waals surface area contributed by atoms with Gasteiger partial charge in [-0.15, -0.1) is 0 Å². The number of hydrogen-bond acceptors (Lipinski definition) is 6. The standard InChI is InChI=1S/C28H44N4O6/c1-6-17(2)23(26(36)30-21(27(37)38)13-14-28(3,4)5)32-25(35)22(16-18-9-11-19(33)12-10-18)31-24(34)20-8-7-15-29-20/h9-12,17,20-23,29,33H,6-8,13-16H2,1-5H3,(H,30,36)(H,31,34)(H,32,35)(H,37,38)/t17?,20-,21?,22?,23?/m0/s1. The number of hydrogen-bond donors (Lipinski definition) is 6. The summed E-state index contributed by atoms with van der Waals surface area (Å²) in [4.78, 5) is 51.4. The molecule has 1 heterocycles. The molecule has 3 amide bonds. The first-order valence-electron chi connectivity index (χ1n) is 13.5. The molecule has 0 saturated carbocycles. The number of benzene rings is 1. The fourth-order valence-electron chi connectivity index (χ4n) is 4.31. The topological polar surface area (TPSA) is 157 Å². The molecule has 1 aliphatic heterocycles. The fourth-order valence-corrected chi connectivity index (χ4v) is 4.31. The number of carboxylic acid groups (broad SMARTS) is 1.